The van der Waals surface area contributed by atoms with Crippen molar-refractivity contribution in [2.24, 2.45) is 9.98 Å². The second kappa shape index (κ2) is 7.65. The van der Waals surface area contributed by atoms with E-state index in [2.05, 4.69) is 26.1 Å². The molecule has 0 spiro atoms. The fourth-order valence-corrected chi connectivity index (χ4v) is 3.22. The normalized spacial score (nSPS) is 10.2. The highest BCUT2D eigenvalue weighted by Crippen LogP contribution is 2.37. The molecule has 25 heavy (non-hydrogen) atoms. The van der Waals surface area contributed by atoms with Crippen molar-refractivity contribution in [3.8, 4) is 5.00 Å². The highest BCUT2D eigenvalue weighted by molar-refractivity contribution is 7.18. The van der Waals surface area contributed by atoms with Crippen molar-refractivity contribution >= 4 is 34.0 Å². The summed E-state index contributed by atoms with van der Waals surface area (Å²) in [7, 11) is 0. The molecule has 0 amide bonds. The summed E-state index contributed by atoms with van der Waals surface area (Å²) in [5.74, 6) is -0.428. The van der Waals surface area contributed by atoms with Crippen molar-refractivity contribution in [2.45, 2.75) is 13.8 Å². The molecule has 1 aromatic carbocycles. The number of ether oxygens (including phenoxy) is 1. The van der Waals surface area contributed by atoms with Gasteiger partial charge in [-0.15, -0.1) is 0 Å². The van der Waals surface area contributed by atoms with Gasteiger partial charge in [-0.3, -0.25) is 0 Å². The Hall–Kier alpha value is -3.09. The minimum Gasteiger partial charge on any atom is -0.462 e. The van der Waals surface area contributed by atoms with E-state index in [0.717, 1.165) is 16.3 Å². The number of carbonyl (C=O) groups is 1. The topological polar surface area (TPSA) is 81.7 Å². The van der Waals surface area contributed by atoms with Crippen molar-refractivity contribution in [1.82, 2.24) is 14.8 Å². The van der Waals surface area contributed by atoms with E-state index in [1.807, 2.05) is 37.3 Å². The predicted octanol–water partition coefficient (Wildman–Crippen LogP) is 3.95. The van der Waals surface area contributed by atoms with Crippen LogP contribution in [0.25, 0.3) is 5.00 Å². The summed E-state index contributed by atoms with van der Waals surface area (Å²) in [6.45, 7) is 3.87. The lowest BCUT2D eigenvalue weighted by molar-refractivity contribution is 0.0527. The number of aromatic nitrogens is 3. The number of carbonyl (C=O) groups excluding carboxylic acids is 1. The molecule has 7 nitrogen and oxygen atoms in total. The van der Waals surface area contributed by atoms with Crippen LogP contribution in [0.2, 0.25) is 0 Å². The Kier molecular flexibility index (Phi) is 5.13. The third kappa shape index (κ3) is 3.71. The van der Waals surface area contributed by atoms with Gasteiger partial charge in [-0.1, -0.05) is 29.5 Å². The van der Waals surface area contributed by atoms with Gasteiger partial charge in [-0.25, -0.2) is 14.5 Å². The van der Waals surface area contributed by atoms with E-state index in [-0.39, 0.29) is 6.61 Å². The van der Waals surface area contributed by atoms with E-state index in [1.54, 1.807) is 17.9 Å². The first kappa shape index (κ1) is 16.8. The molecule has 0 radical (unpaired) electrons. The first-order valence-electron chi connectivity index (χ1n) is 7.57. The van der Waals surface area contributed by atoms with Crippen molar-refractivity contribution in [3.05, 3.63) is 54.1 Å². The Balaban J connectivity index is 2.03. The van der Waals surface area contributed by atoms with E-state index < -0.39 is 5.97 Å². The number of aliphatic imine (C=N–C) groups is 2. The van der Waals surface area contributed by atoms with Gasteiger partial charge >= 0.3 is 5.97 Å². The third-order valence-corrected chi connectivity index (χ3v) is 4.47. The van der Waals surface area contributed by atoms with E-state index >= 15 is 0 Å². The van der Waals surface area contributed by atoms with Gasteiger partial charge in [0.1, 0.15) is 34.2 Å². The van der Waals surface area contributed by atoms with Gasteiger partial charge in [0.05, 0.1) is 12.3 Å². The average molecular weight is 353 g/mol. The van der Waals surface area contributed by atoms with Crippen LogP contribution in [0.3, 0.4) is 0 Å². The van der Waals surface area contributed by atoms with E-state index in [9.17, 15) is 4.79 Å². The molecular formula is C17H15N5O2S. The molecular weight excluding hydrogens is 338 g/mol. The highest BCUT2D eigenvalue weighted by atomic mass is 32.1. The highest BCUT2D eigenvalue weighted by Gasteiger charge is 2.23. The van der Waals surface area contributed by atoms with Gasteiger partial charge in [0.2, 0.25) is 0 Å². The van der Waals surface area contributed by atoms with Crippen LogP contribution >= 0.6 is 11.3 Å². The monoisotopic (exact) mass is 353 g/mol. The van der Waals surface area contributed by atoms with Gasteiger partial charge in [0.25, 0.3) is 0 Å². The number of rotatable bonds is 5. The Morgan fingerprint density at radius 2 is 2.12 bits per heavy atom. The van der Waals surface area contributed by atoms with Gasteiger partial charge in [-0.05, 0) is 26.0 Å². The van der Waals surface area contributed by atoms with E-state index in [1.165, 1.54) is 17.7 Å². The number of hydrogen-bond donors (Lipinski definition) is 0. The standard InChI is InChI=1S/C17H15N5O2S/c1-3-24-17(23)14-12(2)16(22-11-18-9-21-22)25-15(14)20-10-19-13-7-5-4-6-8-13/h4-9,11H,3H2,1-2H3. The van der Waals surface area contributed by atoms with Crippen LogP contribution in [0, 0.1) is 6.92 Å². The molecule has 0 aliphatic rings. The van der Waals surface area contributed by atoms with Crippen molar-refractivity contribution in [3.63, 3.8) is 0 Å². The second-order valence-corrected chi connectivity index (χ2v) is 5.91. The van der Waals surface area contributed by atoms with Crippen molar-refractivity contribution in [1.29, 1.82) is 0 Å². The molecule has 0 unspecified atom stereocenters. The van der Waals surface area contributed by atoms with Gasteiger partial charge in [-0.2, -0.15) is 15.1 Å². The number of esters is 1. The molecule has 2 aromatic heterocycles. The number of benzene rings is 1. The zero-order valence-corrected chi connectivity index (χ0v) is 14.5. The smallest absolute Gasteiger partial charge is 0.341 e. The van der Waals surface area contributed by atoms with Gasteiger partial charge < -0.3 is 4.74 Å². The first-order valence-corrected chi connectivity index (χ1v) is 8.39. The molecule has 0 saturated heterocycles. The van der Waals surface area contributed by atoms with Gasteiger partial charge in [0.15, 0.2) is 0 Å². The lowest BCUT2D eigenvalue weighted by atomic mass is 10.2. The fraction of sp³-hybridized carbons (Fsp3) is 0.176. The minimum atomic E-state index is -0.428. The lowest BCUT2D eigenvalue weighted by Crippen LogP contribution is -2.06. The molecule has 2 heterocycles. The summed E-state index contributed by atoms with van der Waals surface area (Å²) in [6, 6.07) is 12.0. The maximum atomic E-state index is 12.3. The molecule has 0 aliphatic heterocycles. The van der Waals surface area contributed by atoms with Crippen LogP contribution in [0.5, 0.6) is 0 Å². The van der Waals surface area contributed by atoms with Crippen molar-refractivity contribution < 1.29 is 9.53 Å². The lowest BCUT2D eigenvalue weighted by Gasteiger charge is -2.02. The quantitative estimate of drug-likeness (QED) is 0.514. The van der Waals surface area contributed by atoms with Crippen LogP contribution in [-0.4, -0.2) is 33.3 Å². The Labute approximate surface area is 148 Å². The first-order chi connectivity index (χ1) is 12.2. The Morgan fingerprint density at radius 3 is 2.80 bits per heavy atom. The van der Waals surface area contributed by atoms with Gasteiger partial charge in [0, 0.05) is 5.56 Å². The summed E-state index contributed by atoms with van der Waals surface area (Å²) < 4.78 is 6.74. The van der Waals surface area contributed by atoms with Crippen LogP contribution in [0.4, 0.5) is 10.7 Å². The number of nitrogens with zero attached hydrogens (tertiary/aromatic N) is 5. The SMILES string of the molecule is CCOC(=O)c1c(N=C=Nc2ccccc2)sc(-n2cncn2)c1C. The molecule has 3 rings (SSSR count). The molecule has 3 aromatic rings. The number of thiophene rings is 1. The molecule has 0 saturated carbocycles. The third-order valence-electron chi connectivity index (χ3n) is 3.30. The summed E-state index contributed by atoms with van der Waals surface area (Å²) in [5, 5.41) is 5.34. The minimum absolute atomic E-state index is 0.286. The average Bonchev–Trinajstić information content (AvgIpc) is 3.24. The fourth-order valence-electron chi connectivity index (χ4n) is 2.17. The second-order valence-electron chi connectivity index (χ2n) is 4.93. The van der Waals surface area contributed by atoms with Crippen LogP contribution in [-0.2, 0) is 4.74 Å². The molecule has 0 bridgehead atoms. The predicted molar refractivity (Wildman–Crippen MR) is 95.6 cm³/mol. The summed E-state index contributed by atoms with van der Waals surface area (Å²) in [5.41, 5.74) is 1.86. The molecule has 0 fully saturated rings. The zero-order valence-electron chi connectivity index (χ0n) is 13.7. The Morgan fingerprint density at radius 1 is 1.32 bits per heavy atom. The largest absolute Gasteiger partial charge is 0.462 e. The van der Waals surface area contributed by atoms with Crippen LogP contribution in [0.15, 0.2) is 53.0 Å². The molecule has 8 heteroatoms. The molecule has 0 aliphatic carbocycles. The summed E-state index contributed by atoms with van der Waals surface area (Å²) >= 11 is 1.30. The number of hydrogen-bond acceptors (Lipinski definition) is 7. The van der Waals surface area contributed by atoms with Crippen LogP contribution in [0.1, 0.15) is 22.8 Å². The maximum absolute atomic E-state index is 12.3. The zero-order chi connectivity index (χ0) is 17.6. The van der Waals surface area contributed by atoms with E-state index in [0.29, 0.717) is 10.6 Å². The van der Waals surface area contributed by atoms with E-state index in [4.69, 9.17) is 4.74 Å². The summed E-state index contributed by atoms with van der Waals surface area (Å²) in [6.07, 6.45) is 3.00. The molecule has 0 atom stereocenters. The molecule has 126 valence electrons. The number of para-hydroxylation sites is 1. The Bertz CT molecular complexity index is 926. The van der Waals surface area contributed by atoms with Crippen LogP contribution < -0.4 is 0 Å². The molecule has 0 N–H and O–H groups in total. The maximum Gasteiger partial charge on any atom is 0.341 e. The van der Waals surface area contributed by atoms with Crippen molar-refractivity contribution in [2.75, 3.05) is 6.61 Å². The summed E-state index contributed by atoms with van der Waals surface area (Å²) in [4.78, 5) is 24.7.